The van der Waals surface area contributed by atoms with Gasteiger partial charge in [-0.25, -0.2) is 0 Å². The van der Waals surface area contributed by atoms with E-state index in [1.54, 1.807) is 6.08 Å². The molecule has 0 heterocycles. The van der Waals surface area contributed by atoms with Crippen molar-refractivity contribution in [1.82, 2.24) is 5.32 Å². The molecule has 0 fully saturated rings. The molecule has 366 valence electrons. The molecule has 3 N–H and O–H groups in total. The van der Waals surface area contributed by atoms with Gasteiger partial charge < -0.3 is 20.3 Å². The Kier molecular flexibility index (Phi) is 50.6. The summed E-state index contributed by atoms with van der Waals surface area (Å²) in [6.07, 6.45) is 61.9. The van der Waals surface area contributed by atoms with Gasteiger partial charge in [0.25, 0.3) is 0 Å². The average Bonchev–Trinajstić information content (AvgIpc) is 3.27. The predicted molar refractivity (Wildman–Crippen MR) is 269 cm³/mol. The Morgan fingerprint density at radius 3 is 1.15 bits per heavy atom. The Labute approximate surface area is 386 Å². The van der Waals surface area contributed by atoms with Crippen LogP contribution in [0.4, 0.5) is 0 Å². The van der Waals surface area contributed by atoms with Crippen molar-refractivity contribution in [3.63, 3.8) is 0 Å². The van der Waals surface area contributed by atoms with Crippen LogP contribution >= 0.6 is 0 Å². The van der Waals surface area contributed by atoms with Gasteiger partial charge in [0, 0.05) is 12.8 Å². The molecule has 2 atom stereocenters. The van der Waals surface area contributed by atoms with Crippen molar-refractivity contribution in [2.45, 2.75) is 309 Å². The highest BCUT2D eigenvalue weighted by Gasteiger charge is 2.18. The fraction of sp³-hybridized carbons (Fsp3) is 0.893. The number of unbranched alkanes of at least 4 members (excludes halogenated alkanes) is 38. The van der Waals surface area contributed by atoms with E-state index in [1.807, 2.05) is 6.08 Å². The first-order valence-electron chi connectivity index (χ1n) is 27.6. The van der Waals surface area contributed by atoms with Crippen LogP contribution < -0.4 is 5.32 Å². The Hall–Kier alpha value is -1.66. The quantitative estimate of drug-likeness (QED) is 0.0321. The third-order valence-corrected chi connectivity index (χ3v) is 12.7. The first kappa shape index (κ1) is 60.3. The van der Waals surface area contributed by atoms with Crippen LogP contribution in [-0.2, 0) is 14.3 Å². The number of carbonyl (C=O) groups is 2. The van der Waals surface area contributed by atoms with E-state index < -0.39 is 12.1 Å². The highest BCUT2D eigenvalue weighted by Crippen LogP contribution is 2.16. The van der Waals surface area contributed by atoms with Gasteiger partial charge in [-0.3, -0.25) is 9.59 Å². The van der Waals surface area contributed by atoms with Crippen LogP contribution in [0.15, 0.2) is 24.3 Å². The summed E-state index contributed by atoms with van der Waals surface area (Å²) in [7, 11) is 0. The molecule has 0 saturated heterocycles. The monoisotopic (exact) mass is 874 g/mol. The minimum absolute atomic E-state index is 0.00270. The number of aliphatic hydroxyl groups excluding tert-OH is 2. The number of esters is 1. The van der Waals surface area contributed by atoms with Gasteiger partial charge >= 0.3 is 5.97 Å². The van der Waals surface area contributed by atoms with Crippen molar-refractivity contribution in [2.75, 3.05) is 13.2 Å². The standard InChI is InChI=1S/C56H107NO5/c1-3-5-7-9-11-13-15-17-22-25-28-32-36-40-44-48-54(59)53(52-58)57-55(60)49-45-41-37-33-29-26-23-20-18-19-21-24-27-31-35-39-43-47-51-62-56(61)50-46-42-38-34-30-16-14-12-10-8-6-4-2/h20,23,44,48,53-54,58-59H,3-19,21-22,24-43,45-47,49-52H2,1-2H3,(H,57,60)/b23-20-,48-44+. The second kappa shape index (κ2) is 52.0. The van der Waals surface area contributed by atoms with E-state index in [9.17, 15) is 19.8 Å². The lowest BCUT2D eigenvalue weighted by Gasteiger charge is -2.20. The van der Waals surface area contributed by atoms with Crippen molar-refractivity contribution < 1.29 is 24.5 Å². The number of nitrogens with one attached hydrogen (secondary N) is 1. The van der Waals surface area contributed by atoms with Crippen molar-refractivity contribution >= 4 is 11.9 Å². The Bertz CT molecular complexity index is 966. The van der Waals surface area contributed by atoms with Gasteiger partial charge in [0.15, 0.2) is 0 Å². The molecular formula is C56H107NO5. The second-order valence-electron chi connectivity index (χ2n) is 18.9. The summed E-state index contributed by atoms with van der Waals surface area (Å²) in [4.78, 5) is 24.4. The normalized spacial score (nSPS) is 12.8. The molecule has 0 spiro atoms. The van der Waals surface area contributed by atoms with Crippen molar-refractivity contribution in [2.24, 2.45) is 0 Å². The number of carbonyl (C=O) groups excluding carboxylic acids is 2. The molecule has 6 heteroatoms. The molecule has 0 aliphatic carbocycles. The molecule has 0 aromatic carbocycles. The zero-order valence-corrected chi connectivity index (χ0v) is 41.6. The van der Waals surface area contributed by atoms with Crippen LogP contribution in [0.5, 0.6) is 0 Å². The molecule has 6 nitrogen and oxygen atoms in total. The van der Waals surface area contributed by atoms with Gasteiger partial charge in [-0.15, -0.1) is 0 Å². The molecule has 62 heavy (non-hydrogen) atoms. The minimum Gasteiger partial charge on any atom is -0.466 e. The number of aliphatic hydroxyl groups is 2. The molecule has 0 aromatic rings. The largest absolute Gasteiger partial charge is 0.466 e. The molecule has 0 aliphatic heterocycles. The van der Waals surface area contributed by atoms with Crippen LogP contribution in [-0.4, -0.2) is 47.4 Å². The van der Waals surface area contributed by atoms with E-state index in [1.165, 1.54) is 212 Å². The molecule has 0 rings (SSSR count). The van der Waals surface area contributed by atoms with Crippen LogP contribution in [0, 0.1) is 0 Å². The lowest BCUT2D eigenvalue weighted by Crippen LogP contribution is -2.45. The first-order valence-corrected chi connectivity index (χ1v) is 27.6. The Morgan fingerprint density at radius 2 is 0.758 bits per heavy atom. The SMILES string of the molecule is CCCCCCCCCCCCCCC/C=C/C(O)C(CO)NC(=O)CCCCCCC/C=C\CCCCCCCCCCCOC(=O)CCCCCCCCCCCCCC. The summed E-state index contributed by atoms with van der Waals surface area (Å²) in [6.45, 7) is 4.89. The van der Waals surface area contributed by atoms with Crippen molar-refractivity contribution in [3.05, 3.63) is 24.3 Å². The van der Waals surface area contributed by atoms with Gasteiger partial charge in [0.1, 0.15) is 0 Å². The van der Waals surface area contributed by atoms with E-state index in [0.717, 1.165) is 57.8 Å². The molecule has 0 aliphatic rings. The number of ether oxygens (including phenoxy) is 1. The summed E-state index contributed by atoms with van der Waals surface area (Å²) in [5.74, 6) is -0.0788. The van der Waals surface area contributed by atoms with E-state index >= 15 is 0 Å². The van der Waals surface area contributed by atoms with E-state index in [4.69, 9.17) is 4.74 Å². The lowest BCUT2D eigenvalue weighted by molar-refractivity contribution is -0.143. The predicted octanol–water partition coefficient (Wildman–Crippen LogP) is 16.7. The topological polar surface area (TPSA) is 95.9 Å². The zero-order chi connectivity index (χ0) is 45.1. The molecule has 0 radical (unpaired) electrons. The smallest absolute Gasteiger partial charge is 0.305 e. The van der Waals surface area contributed by atoms with E-state index in [-0.39, 0.29) is 18.5 Å². The van der Waals surface area contributed by atoms with Crippen molar-refractivity contribution in [3.8, 4) is 0 Å². The Balaban J connectivity index is 3.48. The van der Waals surface area contributed by atoms with Gasteiger partial charge in [0.2, 0.25) is 5.91 Å². The van der Waals surface area contributed by atoms with Crippen LogP contribution in [0.2, 0.25) is 0 Å². The van der Waals surface area contributed by atoms with Crippen molar-refractivity contribution in [1.29, 1.82) is 0 Å². The third-order valence-electron chi connectivity index (χ3n) is 12.7. The number of rotatable bonds is 51. The highest BCUT2D eigenvalue weighted by molar-refractivity contribution is 5.76. The average molecular weight is 874 g/mol. The molecule has 2 unspecified atom stereocenters. The summed E-state index contributed by atoms with van der Waals surface area (Å²) in [5.41, 5.74) is 0. The maximum atomic E-state index is 12.4. The lowest BCUT2D eigenvalue weighted by atomic mass is 10.0. The van der Waals surface area contributed by atoms with E-state index in [2.05, 4.69) is 31.3 Å². The molecule has 0 bridgehead atoms. The van der Waals surface area contributed by atoms with Crippen LogP contribution in [0.25, 0.3) is 0 Å². The first-order chi connectivity index (χ1) is 30.5. The van der Waals surface area contributed by atoms with E-state index in [0.29, 0.717) is 19.4 Å². The fourth-order valence-electron chi connectivity index (χ4n) is 8.45. The summed E-state index contributed by atoms with van der Waals surface area (Å²) >= 11 is 0. The maximum Gasteiger partial charge on any atom is 0.305 e. The van der Waals surface area contributed by atoms with Gasteiger partial charge in [-0.05, 0) is 57.8 Å². The molecular weight excluding hydrogens is 767 g/mol. The van der Waals surface area contributed by atoms with Gasteiger partial charge in [0.05, 0.1) is 25.4 Å². The maximum absolute atomic E-state index is 12.4. The second-order valence-corrected chi connectivity index (χ2v) is 18.9. The fourth-order valence-corrected chi connectivity index (χ4v) is 8.45. The van der Waals surface area contributed by atoms with Crippen LogP contribution in [0.3, 0.4) is 0 Å². The number of amides is 1. The number of hydrogen-bond acceptors (Lipinski definition) is 5. The molecule has 0 aromatic heterocycles. The minimum atomic E-state index is -0.852. The third kappa shape index (κ3) is 47.8. The van der Waals surface area contributed by atoms with Gasteiger partial charge in [-0.2, -0.15) is 0 Å². The molecule has 0 saturated carbocycles. The number of allylic oxidation sites excluding steroid dienone is 3. The summed E-state index contributed by atoms with van der Waals surface area (Å²) in [5, 5.41) is 23.1. The van der Waals surface area contributed by atoms with Gasteiger partial charge in [-0.1, -0.05) is 250 Å². The zero-order valence-electron chi connectivity index (χ0n) is 41.6. The number of hydrogen-bond donors (Lipinski definition) is 3. The highest BCUT2D eigenvalue weighted by atomic mass is 16.5. The Morgan fingerprint density at radius 1 is 0.435 bits per heavy atom. The molecule has 1 amide bonds. The summed E-state index contributed by atoms with van der Waals surface area (Å²) < 4.78 is 5.46. The summed E-state index contributed by atoms with van der Waals surface area (Å²) in [6, 6.07) is -0.637. The van der Waals surface area contributed by atoms with Crippen LogP contribution in [0.1, 0.15) is 296 Å².